The van der Waals surface area contributed by atoms with Crippen molar-refractivity contribution in [2.24, 2.45) is 0 Å². The van der Waals surface area contributed by atoms with Crippen LogP contribution in [0.2, 0.25) is 0 Å². The number of allylic oxidation sites excluding steroid dienone is 1. The van der Waals surface area contributed by atoms with Crippen molar-refractivity contribution in [3.05, 3.63) is 82.4 Å². The van der Waals surface area contributed by atoms with Gasteiger partial charge >= 0.3 is 0 Å². The lowest BCUT2D eigenvalue weighted by Gasteiger charge is -2.09. The fourth-order valence-corrected chi connectivity index (χ4v) is 2.14. The first-order valence-electron chi connectivity index (χ1n) is 7.07. The molecule has 2 rings (SSSR count). The van der Waals surface area contributed by atoms with Gasteiger partial charge in [0.05, 0.1) is 6.10 Å². The summed E-state index contributed by atoms with van der Waals surface area (Å²) in [5.41, 5.74) is 4.98. The second-order valence-corrected chi connectivity index (χ2v) is 5.40. The molecular formula is C20H20O. The van der Waals surface area contributed by atoms with Crippen molar-refractivity contribution < 1.29 is 5.11 Å². The highest BCUT2D eigenvalue weighted by Crippen LogP contribution is 2.20. The lowest BCUT2D eigenvalue weighted by Crippen LogP contribution is -1.97. The molecule has 1 heteroatoms. The summed E-state index contributed by atoms with van der Waals surface area (Å²) in [6.07, 6.45) is 1.23. The summed E-state index contributed by atoms with van der Waals surface area (Å²) in [6.45, 7) is 6.01. The molecule has 1 N–H and O–H groups in total. The number of aliphatic hydroxyl groups is 1. The van der Waals surface area contributed by atoms with Gasteiger partial charge in [0.15, 0.2) is 0 Å². The molecule has 0 fully saturated rings. The van der Waals surface area contributed by atoms with Gasteiger partial charge in [0.1, 0.15) is 0 Å². The lowest BCUT2D eigenvalue weighted by molar-refractivity contribution is 0.227. The maximum atomic E-state index is 10.3. The molecular weight excluding hydrogens is 256 g/mol. The Morgan fingerprint density at radius 2 is 1.81 bits per heavy atom. The van der Waals surface area contributed by atoms with E-state index in [0.29, 0.717) is 0 Å². The summed E-state index contributed by atoms with van der Waals surface area (Å²) in [6, 6.07) is 15.8. The van der Waals surface area contributed by atoms with E-state index in [1.807, 2.05) is 56.3 Å². The molecule has 1 unspecified atom stereocenters. The Kier molecular flexibility index (Phi) is 4.98. The molecule has 2 aromatic rings. The molecule has 0 saturated heterocycles. The predicted octanol–water partition coefficient (Wildman–Crippen LogP) is 4.39. The zero-order valence-electron chi connectivity index (χ0n) is 12.7. The average Bonchev–Trinajstić information content (AvgIpc) is 2.45. The van der Waals surface area contributed by atoms with Crippen LogP contribution in [0.25, 0.3) is 0 Å². The molecule has 0 radical (unpaired) electrons. The predicted molar refractivity (Wildman–Crippen MR) is 88.0 cm³/mol. The Morgan fingerprint density at radius 3 is 2.52 bits per heavy atom. The SMILES string of the molecule is CC(C)=CC(O)c1ccccc1C#Cc1cccc(C)c1. The first-order valence-corrected chi connectivity index (χ1v) is 7.07. The normalized spacial score (nSPS) is 11.2. The van der Waals surface area contributed by atoms with E-state index in [2.05, 4.69) is 30.9 Å². The van der Waals surface area contributed by atoms with E-state index in [1.54, 1.807) is 0 Å². The maximum absolute atomic E-state index is 10.3. The van der Waals surface area contributed by atoms with E-state index in [4.69, 9.17) is 0 Å². The van der Waals surface area contributed by atoms with Crippen molar-refractivity contribution in [1.82, 2.24) is 0 Å². The van der Waals surface area contributed by atoms with Gasteiger partial charge in [0, 0.05) is 11.1 Å². The highest BCUT2D eigenvalue weighted by atomic mass is 16.3. The Hall–Kier alpha value is -2.30. The average molecular weight is 276 g/mol. The second-order valence-electron chi connectivity index (χ2n) is 5.40. The third-order valence-corrected chi connectivity index (χ3v) is 3.13. The van der Waals surface area contributed by atoms with Crippen LogP contribution in [0.3, 0.4) is 0 Å². The van der Waals surface area contributed by atoms with Crippen LogP contribution in [0.4, 0.5) is 0 Å². The number of hydrogen-bond acceptors (Lipinski definition) is 1. The summed E-state index contributed by atoms with van der Waals surface area (Å²) in [5.74, 6) is 6.34. The molecule has 0 saturated carbocycles. The zero-order chi connectivity index (χ0) is 15.2. The number of rotatable bonds is 2. The first-order chi connectivity index (χ1) is 10.1. The van der Waals surface area contributed by atoms with Gasteiger partial charge in [-0.15, -0.1) is 0 Å². The van der Waals surface area contributed by atoms with E-state index in [1.165, 1.54) is 5.56 Å². The van der Waals surface area contributed by atoms with Gasteiger partial charge in [-0.05, 0) is 50.1 Å². The molecule has 1 atom stereocenters. The van der Waals surface area contributed by atoms with Gasteiger partial charge < -0.3 is 5.11 Å². The summed E-state index contributed by atoms with van der Waals surface area (Å²) in [7, 11) is 0. The third-order valence-electron chi connectivity index (χ3n) is 3.13. The molecule has 0 heterocycles. The van der Waals surface area contributed by atoms with Gasteiger partial charge in [-0.1, -0.05) is 53.8 Å². The minimum Gasteiger partial charge on any atom is -0.384 e. The molecule has 21 heavy (non-hydrogen) atoms. The van der Waals surface area contributed by atoms with Gasteiger partial charge in [-0.3, -0.25) is 0 Å². The third kappa shape index (κ3) is 4.34. The highest BCUT2D eigenvalue weighted by molar-refractivity contribution is 5.48. The smallest absolute Gasteiger partial charge is 0.0986 e. The Labute approximate surface area is 127 Å². The van der Waals surface area contributed by atoms with Crippen molar-refractivity contribution in [1.29, 1.82) is 0 Å². The number of hydrogen-bond donors (Lipinski definition) is 1. The summed E-state index contributed by atoms with van der Waals surface area (Å²) < 4.78 is 0. The molecule has 0 spiro atoms. The molecule has 0 aliphatic carbocycles. The van der Waals surface area contributed by atoms with Crippen LogP contribution >= 0.6 is 0 Å². The van der Waals surface area contributed by atoms with Crippen LogP contribution in [0.1, 0.15) is 42.2 Å². The fourth-order valence-electron chi connectivity index (χ4n) is 2.14. The van der Waals surface area contributed by atoms with Gasteiger partial charge in [0.2, 0.25) is 0 Å². The standard InChI is InChI=1S/C20H20O/c1-15(2)13-20(21)19-10-5-4-9-18(19)12-11-17-8-6-7-16(3)14-17/h4-10,13-14,20-21H,1-3H3. The minimum absolute atomic E-state index is 0.613. The van der Waals surface area contributed by atoms with Crippen molar-refractivity contribution in [2.75, 3.05) is 0 Å². The van der Waals surface area contributed by atoms with Gasteiger partial charge in [-0.2, -0.15) is 0 Å². The van der Waals surface area contributed by atoms with E-state index < -0.39 is 6.10 Å². The number of benzene rings is 2. The first kappa shape index (κ1) is 15.1. The van der Waals surface area contributed by atoms with Crippen LogP contribution in [0.5, 0.6) is 0 Å². The van der Waals surface area contributed by atoms with Crippen LogP contribution in [-0.4, -0.2) is 5.11 Å². The molecule has 106 valence electrons. The zero-order valence-corrected chi connectivity index (χ0v) is 12.7. The highest BCUT2D eigenvalue weighted by Gasteiger charge is 2.07. The summed E-state index contributed by atoms with van der Waals surface area (Å²) >= 11 is 0. The minimum atomic E-state index is -0.613. The van der Waals surface area contributed by atoms with Crippen LogP contribution in [0.15, 0.2) is 60.2 Å². The molecule has 0 aliphatic rings. The van der Waals surface area contributed by atoms with Crippen molar-refractivity contribution in [3.63, 3.8) is 0 Å². The molecule has 0 bridgehead atoms. The van der Waals surface area contributed by atoms with Crippen molar-refractivity contribution in [2.45, 2.75) is 26.9 Å². The van der Waals surface area contributed by atoms with E-state index >= 15 is 0 Å². The van der Waals surface area contributed by atoms with Gasteiger partial charge in [-0.25, -0.2) is 0 Å². The van der Waals surface area contributed by atoms with Crippen LogP contribution in [-0.2, 0) is 0 Å². The van der Waals surface area contributed by atoms with E-state index in [0.717, 1.165) is 22.3 Å². The quantitative estimate of drug-likeness (QED) is 0.637. The molecule has 2 aromatic carbocycles. The Balaban J connectivity index is 2.36. The van der Waals surface area contributed by atoms with E-state index in [-0.39, 0.29) is 0 Å². The van der Waals surface area contributed by atoms with Crippen LogP contribution in [0, 0.1) is 18.8 Å². The van der Waals surface area contributed by atoms with Gasteiger partial charge in [0.25, 0.3) is 0 Å². The molecule has 1 nitrogen and oxygen atoms in total. The molecule has 0 aliphatic heterocycles. The van der Waals surface area contributed by atoms with E-state index in [9.17, 15) is 5.11 Å². The maximum Gasteiger partial charge on any atom is 0.0986 e. The summed E-state index contributed by atoms with van der Waals surface area (Å²) in [5, 5.41) is 10.3. The second kappa shape index (κ2) is 6.92. The van der Waals surface area contributed by atoms with Crippen LogP contribution < -0.4 is 0 Å². The Morgan fingerprint density at radius 1 is 1.05 bits per heavy atom. The number of aliphatic hydroxyl groups excluding tert-OH is 1. The monoisotopic (exact) mass is 276 g/mol. The largest absolute Gasteiger partial charge is 0.384 e. The van der Waals surface area contributed by atoms with Crippen molar-refractivity contribution >= 4 is 0 Å². The number of aryl methyl sites for hydroxylation is 1. The Bertz CT molecular complexity index is 710. The molecule has 0 amide bonds. The fraction of sp³-hybridized carbons (Fsp3) is 0.200. The molecule has 0 aromatic heterocycles. The van der Waals surface area contributed by atoms with Crippen molar-refractivity contribution in [3.8, 4) is 11.8 Å². The lowest BCUT2D eigenvalue weighted by atomic mass is 10.0. The topological polar surface area (TPSA) is 20.2 Å². The summed E-state index contributed by atoms with van der Waals surface area (Å²) in [4.78, 5) is 0.